The molecule has 2 aliphatic rings. The van der Waals surface area contributed by atoms with E-state index in [0.717, 1.165) is 144 Å². The van der Waals surface area contributed by atoms with Gasteiger partial charge in [-0.05, 0) is 180 Å². The third-order valence-corrected chi connectivity index (χ3v) is 22.4. The van der Waals surface area contributed by atoms with Gasteiger partial charge in [-0.3, -0.25) is 0 Å². The van der Waals surface area contributed by atoms with E-state index in [1.165, 1.54) is 0 Å². The maximum Gasteiger partial charge on any atom is 0.252 e. The van der Waals surface area contributed by atoms with Gasteiger partial charge < -0.3 is 23.5 Å². The Hall–Kier alpha value is -12.6. The van der Waals surface area contributed by atoms with Crippen LogP contribution in [-0.2, 0) is 16.2 Å². The molecule has 0 amide bonds. The third-order valence-electron chi connectivity index (χ3n) is 22.4. The number of benzene rings is 15. The van der Waals surface area contributed by atoms with Gasteiger partial charge in [0.05, 0.1) is 68.0 Å². The van der Waals surface area contributed by atoms with Gasteiger partial charge in [-0.1, -0.05) is 293 Å². The predicted octanol–water partition coefficient (Wildman–Crippen LogP) is 25.6. The first-order valence-corrected chi connectivity index (χ1v) is 37.1. The molecule has 15 aromatic carbocycles. The number of nitrogens with zero attached hydrogens (tertiary/aromatic N) is 5. The van der Waals surface area contributed by atoms with Gasteiger partial charge in [0.2, 0.25) is 0 Å². The van der Waals surface area contributed by atoms with Crippen LogP contribution in [0.4, 0.5) is 34.1 Å². The summed E-state index contributed by atoms with van der Waals surface area (Å²) in [6.07, 6.45) is 0. The Morgan fingerprint density at radius 2 is 0.713 bits per heavy atom. The summed E-state index contributed by atoms with van der Waals surface area (Å²) in [5, 5.41) is 3.86. The van der Waals surface area contributed by atoms with E-state index in [0.29, 0.717) is 22.6 Å². The van der Waals surface area contributed by atoms with E-state index in [9.17, 15) is 16.4 Å². The molecule has 0 saturated heterocycles. The highest BCUT2D eigenvalue weighted by Gasteiger charge is 2.46. The highest BCUT2D eigenvalue weighted by atomic mass is 15.2. The van der Waals surface area contributed by atoms with Crippen molar-refractivity contribution >= 4 is 123 Å². The highest BCUT2D eigenvalue weighted by molar-refractivity contribution is 7.00. The SMILES string of the molecule is [2H]c1c([2H])c([2H])c(-c2ccc3c(c2)N(c2c(-c4ccccc4)ccc4c2c2ccccc2n4-c2ccccc2)c2cc(-n4c5ccc(C(C)(C)C)cc5c5cc(C(C)(C)C)ccc54)cc4c2B3c2ccc(-n3c5c([2H])c([2H])c([2H])c([2H])c5c5c([2H])c([2H])c([2H])c([2H])c53)cc2N4c2c(-c3ccccc3)cc(C(C)(C)C)cc2-c2ccccc2)c([2H])c1[2H]. The van der Waals surface area contributed by atoms with Crippen molar-refractivity contribution in [3.63, 3.8) is 0 Å². The van der Waals surface area contributed by atoms with Crippen molar-refractivity contribution in [2.24, 2.45) is 0 Å². The molecule has 5 heterocycles. The number of fused-ring (bicyclic) bond motifs is 13. The van der Waals surface area contributed by atoms with Crippen LogP contribution in [0.3, 0.4) is 0 Å². The van der Waals surface area contributed by atoms with Gasteiger partial charge in [-0.2, -0.15) is 0 Å². The molecule has 6 heteroatoms. The van der Waals surface area contributed by atoms with Crippen LogP contribution >= 0.6 is 0 Å². The Morgan fingerprint density at radius 1 is 0.269 bits per heavy atom. The largest absolute Gasteiger partial charge is 0.310 e. The summed E-state index contributed by atoms with van der Waals surface area (Å²) < 4.78 is 130. The minimum absolute atomic E-state index is 0.0215. The topological polar surface area (TPSA) is 21.3 Å². The molecule has 2 aliphatic heterocycles. The Kier molecular flexibility index (Phi) is 11.9. The Morgan fingerprint density at radius 3 is 1.28 bits per heavy atom. The van der Waals surface area contributed by atoms with Gasteiger partial charge in [0.1, 0.15) is 0 Å². The van der Waals surface area contributed by atoms with Crippen LogP contribution < -0.4 is 26.2 Å². The molecular formula is C102H82BN5. The number of hydrogen-bond acceptors (Lipinski definition) is 2. The van der Waals surface area contributed by atoms with Gasteiger partial charge in [-0.25, -0.2) is 0 Å². The molecule has 0 spiro atoms. The summed E-state index contributed by atoms with van der Waals surface area (Å²) in [5.74, 6) is 0. The van der Waals surface area contributed by atoms with Crippen LogP contribution in [0.25, 0.3) is 127 Å². The molecule has 3 aromatic heterocycles. The second-order valence-corrected chi connectivity index (χ2v) is 31.9. The minimum atomic E-state index is -0.756. The molecule has 0 bridgehead atoms. The van der Waals surface area contributed by atoms with Crippen molar-refractivity contribution in [1.82, 2.24) is 13.7 Å². The summed E-state index contributed by atoms with van der Waals surface area (Å²) in [4.78, 5) is 4.79. The summed E-state index contributed by atoms with van der Waals surface area (Å²) in [6, 6.07) is 83.4. The lowest BCUT2D eigenvalue weighted by atomic mass is 9.33. The molecule has 108 heavy (non-hydrogen) atoms. The molecule has 20 rings (SSSR count). The molecule has 0 unspecified atom stereocenters. The lowest BCUT2D eigenvalue weighted by Crippen LogP contribution is -2.61. The zero-order valence-electron chi connectivity index (χ0n) is 74.6. The Bertz CT molecular complexity index is 7270. The number of hydrogen-bond donors (Lipinski definition) is 0. The minimum Gasteiger partial charge on any atom is -0.310 e. The van der Waals surface area contributed by atoms with Gasteiger partial charge in [0.25, 0.3) is 6.71 Å². The predicted molar refractivity (Wildman–Crippen MR) is 461 cm³/mol. The fourth-order valence-electron chi connectivity index (χ4n) is 17.1. The van der Waals surface area contributed by atoms with E-state index in [-0.39, 0.29) is 50.3 Å². The zero-order valence-corrected chi connectivity index (χ0v) is 61.6. The highest BCUT2D eigenvalue weighted by Crippen LogP contribution is 2.56. The lowest BCUT2D eigenvalue weighted by molar-refractivity contribution is 0.590. The van der Waals surface area contributed by atoms with E-state index < -0.39 is 78.6 Å². The monoisotopic (exact) mass is 1400 g/mol. The summed E-state index contributed by atoms with van der Waals surface area (Å²) in [5.41, 5.74) is 20.7. The van der Waals surface area contributed by atoms with Crippen LogP contribution in [0, 0.1) is 0 Å². The van der Waals surface area contributed by atoms with Crippen LogP contribution in [0.2, 0.25) is 0 Å². The maximum atomic E-state index is 9.98. The molecule has 0 saturated carbocycles. The van der Waals surface area contributed by atoms with Crippen molar-refractivity contribution in [1.29, 1.82) is 0 Å². The Balaban J connectivity index is 1.04. The van der Waals surface area contributed by atoms with E-state index in [1.807, 2.05) is 48.5 Å². The number of rotatable bonds is 9. The molecule has 18 aromatic rings. The van der Waals surface area contributed by atoms with Gasteiger partial charge in [-0.15, -0.1) is 0 Å². The van der Waals surface area contributed by atoms with E-state index >= 15 is 0 Å². The second-order valence-electron chi connectivity index (χ2n) is 31.9. The zero-order chi connectivity index (χ0) is 84.4. The van der Waals surface area contributed by atoms with Crippen molar-refractivity contribution in [3.05, 3.63) is 350 Å². The van der Waals surface area contributed by atoms with Crippen LogP contribution in [-0.4, -0.2) is 20.4 Å². The fraction of sp³-hybridized carbons (Fsp3) is 0.118. The average Bonchev–Trinajstić information content (AvgIpc) is 1.63. The summed E-state index contributed by atoms with van der Waals surface area (Å²) >= 11 is 0. The lowest BCUT2D eigenvalue weighted by Gasteiger charge is -2.46. The molecular weight excluding hydrogens is 1310 g/mol. The van der Waals surface area contributed by atoms with Crippen LogP contribution in [0.5, 0.6) is 0 Å². The molecule has 0 atom stereocenters. The normalized spacial score (nSPS) is 14.7. The standard InChI is InChI=1S/C102H82BN5/c1-100(2,3)70-48-54-89-82(58-70)83-59-71(101(4,5)6)49-55-90(83)106(89)75-63-94-97-95(64-75)108(99-76(66-33-17-11-18-34-66)51-56-91-96(99)79-43-27-30-46-88(79)104(91)73-39-23-14-24-40-73)92-57-69(65-31-15-10-16-32-65)47-52-84(92)103(97)85-53-50-74(105-86-44-28-25-41-77(86)78-42-26-29-45-87(78)105)62-93(85)107(94)98-80(67-35-19-12-20-36-67)60-72(102(7,8)9)61-81(98)68-37-21-13-22-38-68/h10-64H,1-9H3/i10D,15D,16D,25D,26D,28D,29D,31D,32D,41D,42D,44D,45D. The summed E-state index contributed by atoms with van der Waals surface area (Å²) in [6.45, 7) is 19.4. The van der Waals surface area contributed by atoms with Crippen molar-refractivity contribution in [2.75, 3.05) is 9.80 Å². The van der Waals surface area contributed by atoms with E-state index in [4.69, 9.17) is 1.37 Å². The number of aromatic nitrogens is 3. The van der Waals surface area contributed by atoms with Crippen molar-refractivity contribution in [2.45, 2.75) is 78.6 Å². The van der Waals surface area contributed by atoms with Crippen LogP contribution in [0.15, 0.2) is 333 Å². The average molecular weight is 1400 g/mol. The summed E-state index contributed by atoms with van der Waals surface area (Å²) in [7, 11) is 0. The molecule has 0 N–H and O–H groups in total. The van der Waals surface area contributed by atoms with E-state index in [2.05, 4.69) is 288 Å². The van der Waals surface area contributed by atoms with Gasteiger partial charge in [0.15, 0.2) is 0 Å². The molecule has 518 valence electrons. The van der Waals surface area contributed by atoms with E-state index in [1.54, 1.807) is 4.57 Å². The number of para-hydroxylation sites is 4. The third kappa shape index (κ3) is 10.2. The fourth-order valence-corrected chi connectivity index (χ4v) is 17.1. The first-order valence-electron chi connectivity index (χ1n) is 43.6. The van der Waals surface area contributed by atoms with Crippen molar-refractivity contribution in [3.8, 4) is 61.6 Å². The Labute approximate surface area is 650 Å². The van der Waals surface area contributed by atoms with Crippen LogP contribution in [0.1, 0.15) is 96.8 Å². The van der Waals surface area contributed by atoms with Gasteiger partial charge >= 0.3 is 0 Å². The molecule has 0 aliphatic carbocycles. The quantitative estimate of drug-likeness (QED) is 0.134. The maximum absolute atomic E-state index is 9.98. The second kappa shape index (κ2) is 24.5. The smallest absolute Gasteiger partial charge is 0.252 e. The molecule has 0 fully saturated rings. The first-order chi connectivity index (χ1) is 57.9. The van der Waals surface area contributed by atoms with Gasteiger partial charge in [0, 0.05) is 83.1 Å². The van der Waals surface area contributed by atoms with Crippen molar-refractivity contribution < 1.29 is 17.8 Å². The number of anilines is 6. The molecule has 5 nitrogen and oxygen atoms in total. The molecule has 0 radical (unpaired) electrons. The first kappa shape index (κ1) is 52.3.